The first-order valence-electron chi connectivity index (χ1n) is 14.8. The van der Waals surface area contributed by atoms with Crippen molar-refractivity contribution in [2.75, 3.05) is 20.1 Å². The van der Waals surface area contributed by atoms with Gasteiger partial charge in [0.2, 0.25) is 0 Å². The number of likely N-dealkylation sites (tertiary alicyclic amines) is 2. The number of aromatic nitrogens is 3. The molecule has 0 N–H and O–H groups in total. The Morgan fingerprint density at radius 2 is 1.69 bits per heavy atom. The molecule has 2 unspecified atom stereocenters. The van der Waals surface area contributed by atoms with Gasteiger partial charge < -0.3 is 14.2 Å². The van der Waals surface area contributed by atoms with Crippen molar-refractivity contribution in [3.8, 4) is 0 Å². The third-order valence-corrected chi connectivity index (χ3v) is 7.99. The Kier molecular flexibility index (Phi) is 9.31. The van der Waals surface area contributed by atoms with Crippen LogP contribution in [0.5, 0.6) is 0 Å². The molecule has 2 aliphatic rings. The summed E-state index contributed by atoms with van der Waals surface area (Å²) in [4.78, 5) is 26.9. The van der Waals surface area contributed by atoms with Gasteiger partial charge in [-0.15, -0.1) is 0 Å². The summed E-state index contributed by atoms with van der Waals surface area (Å²) < 4.78 is 8.07. The molecule has 7 heteroatoms. The maximum Gasteiger partial charge on any atom is 0.410 e. The second-order valence-electron chi connectivity index (χ2n) is 11.8. The van der Waals surface area contributed by atoms with Gasteiger partial charge in [0.15, 0.2) is 0 Å². The molecule has 5 rings (SSSR count). The molecule has 3 aromatic rings. The number of benzene rings is 1. The van der Waals surface area contributed by atoms with Crippen molar-refractivity contribution in [2.45, 2.75) is 97.9 Å². The molecule has 2 atom stereocenters. The Hall–Kier alpha value is -2.93. The molecule has 2 saturated heterocycles. The van der Waals surface area contributed by atoms with Gasteiger partial charge in [-0.3, -0.25) is 9.88 Å². The highest BCUT2D eigenvalue weighted by Crippen LogP contribution is 2.41. The first-order chi connectivity index (χ1) is 18.7. The molecular weight excluding hydrogens is 486 g/mol. The van der Waals surface area contributed by atoms with Gasteiger partial charge in [0.05, 0.1) is 28.8 Å². The molecule has 0 saturated carbocycles. The van der Waals surface area contributed by atoms with Crippen molar-refractivity contribution in [3.05, 3.63) is 59.7 Å². The standard InChI is InChI=1S/C30H41N5O2.C2H6/c1-21-10-9-17-31-27(21)25-13-8-14-26(33(25)5)28-32-23-11-6-7-12-24(23)35(28)20-22-15-18-34(19-16-22)29(36)37-30(2,3)4;1-2/h6-7,9-12,17,22,25-26H,8,13-16,18-20H2,1-5H3;1-2H3. The van der Waals surface area contributed by atoms with Crippen LogP contribution in [0.1, 0.15) is 95.9 Å². The lowest BCUT2D eigenvalue weighted by Gasteiger charge is -2.40. The van der Waals surface area contributed by atoms with E-state index in [1.807, 2.05) is 51.8 Å². The quantitative estimate of drug-likeness (QED) is 0.352. The van der Waals surface area contributed by atoms with Gasteiger partial charge in [0.1, 0.15) is 11.4 Å². The van der Waals surface area contributed by atoms with E-state index in [-0.39, 0.29) is 12.1 Å². The summed E-state index contributed by atoms with van der Waals surface area (Å²) in [5.41, 5.74) is 4.25. The molecule has 1 aromatic carbocycles. The lowest BCUT2D eigenvalue weighted by atomic mass is 9.91. The molecule has 0 bridgehead atoms. The number of rotatable bonds is 4. The van der Waals surface area contributed by atoms with Gasteiger partial charge in [-0.05, 0) is 96.5 Å². The Morgan fingerprint density at radius 3 is 2.38 bits per heavy atom. The number of ether oxygens (including phenoxy) is 1. The number of hydrogen-bond donors (Lipinski definition) is 0. The predicted octanol–water partition coefficient (Wildman–Crippen LogP) is 7.31. The largest absolute Gasteiger partial charge is 0.444 e. The molecule has 2 fully saturated rings. The normalized spacial score (nSPS) is 20.9. The average Bonchev–Trinajstić information content (AvgIpc) is 3.28. The van der Waals surface area contributed by atoms with Crippen LogP contribution in [-0.2, 0) is 11.3 Å². The van der Waals surface area contributed by atoms with Gasteiger partial charge in [-0.2, -0.15) is 0 Å². The van der Waals surface area contributed by atoms with Crippen LogP contribution < -0.4 is 0 Å². The number of pyridine rings is 1. The number of piperidine rings is 2. The van der Waals surface area contributed by atoms with E-state index in [0.717, 1.165) is 63.1 Å². The molecule has 4 heterocycles. The number of aryl methyl sites for hydroxylation is 1. The Labute approximate surface area is 234 Å². The highest BCUT2D eigenvalue weighted by Gasteiger charge is 2.35. The van der Waals surface area contributed by atoms with Crippen molar-refractivity contribution in [1.82, 2.24) is 24.3 Å². The average molecular weight is 534 g/mol. The van der Waals surface area contributed by atoms with Gasteiger partial charge in [0.25, 0.3) is 0 Å². The fourth-order valence-electron chi connectivity index (χ4n) is 6.04. The summed E-state index contributed by atoms with van der Waals surface area (Å²) in [5, 5.41) is 0. The molecule has 2 aromatic heterocycles. The van der Waals surface area contributed by atoms with E-state index in [0.29, 0.717) is 12.0 Å². The van der Waals surface area contributed by atoms with Crippen LogP contribution in [0.4, 0.5) is 4.79 Å². The molecule has 0 radical (unpaired) electrons. The molecule has 1 amide bonds. The third-order valence-electron chi connectivity index (χ3n) is 7.99. The summed E-state index contributed by atoms with van der Waals surface area (Å²) in [6, 6.07) is 13.2. The van der Waals surface area contributed by atoms with Gasteiger partial charge in [0, 0.05) is 25.8 Å². The van der Waals surface area contributed by atoms with Crippen molar-refractivity contribution in [2.24, 2.45) is 5.92 Å². The highest BCUT2D eigenvalue weighted by molar-refractivity contribution is 5.76. The zero-order valence-electron chi connectivity index (χ0n) is 25.0. The highest BCUT2D eigenvalue weighted by atomic mass is 16.6. The first kappa shape index (κ1) is 29.1. The lowest BCUT2D eigenvalue weighted by molar-refractivity contribution is 0.0177. The molecule has 0 spiro atoms. The maximum atomic E-state index is 12.6. The van der Waals surface area contributed by atoms with E-state index in [4.69, 9.17) is 14.7 Å². The first-order valence-corrected chi connectivity index (χ1v) is 14.8. The SMILES string of the molecule is CC.Cc1cccnc1C1CCCC(c2nc3ccccc3n2CC2CCN(C(=O)OC(C)(C)C)CC2)N1C. The van der Waals surface area contributed by atoms with Crippen molar-refractivity contribution >= 4 is 17.1 Å². The van der Waals surface area contributed by atoms with E-state index in [1.54, 1.807) is 0 Å². The summed E-state index contributed by atoms with van der Waals surface area (Å²) in [7, 11) is 2.24. The van der Waals surface area contributed by atoms with Crippen LogP contribution in [0.3, 0.4) is 0 Å². The second kappa shape index (κ2) is 12.5. The topological polar surface area (TPSA) is 63.5 Å². The molecule has 0 aliphatic carbocycles. The number of imidazole rings is 1. The zero-order chi connectivity index (χ0) is 28.2. The maximum absolute atomic E-state index is 12.6. The summed E-state index contributed by atoms with van der Waals surface area (Å²) in [6.45, 7) is 14.3. The van der Waals surface area contributed by atoms with Crippen LogP contribution in [0.25, 0.3) is 11.0 Å². The second-order valence-corrected chi connectivity index (χ2v) is 11.8. The monoisotopic (exact) mass is 533 g/mol. The Balaban J connectivity index is 0.00000172. The number of hydrogen-bond acceptors (Lipinski definition) is 5. The van der Waals surface area contributed by atoms with E-state index in [9.17, 15) is 4.79 Å². The lowest BCUT2D eigenvalue weighted by Crippen LogP contribution is -2.42. The Bertz CT molecular complexity index is 1240. The van der Waals surface area contributed by atoms with E-state index in [2.05, 4.69) is 53.8 Å². The van der Waals surface area contributed by atoms with E-state index in [1.165, 1.54) is 16.8 Å². The zero-order valence-corrected chi connectivity index (χ0v) is 25.0. The summed E-state index contributed by atoms with van der Waals surface area (Å²) in [6.07, 6.45) is 7.04. The molecule has 2 aliphatic heterocycles. The minimum absolute atomic E-state index is 0.195. The summed E-state index contributed by atoms with van der Waals surface area (Å²) in [5.74, 6) is 1.66. The minimum atomic E-state index is -0.462. The fraction of sp³-hybridized carbons (Fsp3) is 0.594. The molecular formula is C32H47N5O2. The molecule has 7 nitrogen and oxygen atoms in total. The number of carbonyl (C=O) groups is 1. The van der Waals surface area contributed by atoms with Crippen LogP contribution in [-0.4, -0.2) is 56.2 Å². The van der Waals surface area contributed by atoms with Crippen LogP contribution >= 0.6 is 0 Å². The predicted molar refractivity (Wildman–Crippen MR) is 158 cm³/mol. The fourth-order valence-corrected chi connectivity index (χ4v) is 6.04. The van der Waals surface area contributed by atoms with Crippen molar-refractivity contribution in [1.29, 1.82) is 0 Å². The number of para-hydroxylation sites is 2. The van der Waals surface area contributed by atoms with Gasteiger partial charge in [-0.1, -0.05) is 32.0 Å². The number of nitrogens with zero attached hydrogens (tertiary/aromatic N) is 5. The van der Waals surface area contributed by atoms with Crippen LogP contribution in [0, 0.1) is 12.8 Å². The van der Waals surface area contributed by atoms with Crippen molar-refractivity contribution in [3.63, 3.8) is 0 Å². The van der Waals surface area contributed by atoms with Gasteiger partial charge >= 0.3 is 6.09 Å². The van der Waals surface area contributed by atoms with Crippen LogP contribution in [0.15, 0.2) is 42.6 Å². The minimum Gasteiger partial charge on any atom is -0.444 e. The smallest absolute Gasteiger partial charge is 0.410 e. The number of fused-ring (bicyclic) bond motifs is 1. The number of amides is 1. The third kappa shape index (κ3) is 6.63. The number of carbonyl (C=O) groups excluding carboxylic acids is 1. The van der Waals surface area contributed by atoms with Crippen LogP contribution in [0.2, 0.25) is 0 Å². The van der Waals surface area contributed by atoms with E-state index >= 15 is 0 Å². The summed E-state index contributed by atoms with van der Waals surface area (Å²) >= 11 is 0. The van der Waals surface area contributed by atoms with E-state index < -0.39 is 5.60 Å². The van der Waals surface area contributed by atoms with Crippen molar-refractivity contribution < 1.29 is 9.53 Å². The van der Waals surface area contributed by atoms with Gasteiger partial charge in [-0.25, -0.2) is 9.78 Å². The molecule has 39 heavy (non-hydrogen) atoms. The molecule has 212 valence electrons. The Morgan fingerprint density at radius 1 is 1.00 bits per heavy atom.